The fourth-order valence-electron chi connectivity index (χ4n) is 1.53. The molecule has 0 spiro atoms. The van der Waals surface area contributed by atoms with Crippen molar-refractivity contribution in [2.75, 3.05) is 0 Å². The maximum Gasteiger partial charge on any atom is 0.416 e. The largest absolute Gasteiger partial charge is 0.416 e. The van der Waals surface area contributed by atoms with Crippen molar-refractivity contribution in [1.82, 2.24) is 9.97 Å². The van der Waals surface area contributed by atoms with E-state index in [2.05, 4.69) is 9.97 Å². The SMILES string of the molecule is Cc1nc(-c2ccc(C(F)(F)F)cc2)[nH]c(=O)c1I. The van der Waals surface area contributed by atoms with Gasteiger partial charge in [-0.3, -0.25) is 4.79 Å². The van der Waals surface area contributed by atoms with Gasteiger partial charge in [-0.15, -0.1) is 0 Å². The Kier molecular flexibility index (Phi) is 3.66. The minimum absolute atomic E-state index is 0.261. The predicted molar refractivity (Wildman–Crippen MR) is 72.7 cm³/mol. The lowest BCUT2D eigenvalue weighted by molar-refractivity contribution is -0.137. The van der Waals surface area contributed by atoms with Gasteiger partial charge in [0.05, 0.1) is 14.8 Å². The fraction of sp³-hybridized carbons (Fsp3) is 0.167. The Hall–Kier alpha value is -1.38. The Labute approximate surface area is 120 Å². The molecule has 0 bridgehead atoms. The van der Waals surface area contributed by atoms with Crippen LogP contribution in [0, 0.1) is 10.5 Å². The summed E-state index contributed by atoms with van der Waals surface area (Å²) in [5.41, 5.74) is -0.0623. The van der Waals surface area contributed by atoms with E-state index in [1.807, 2.05) is 22.6 Å². The predicted octanol–water partition coefficient (Wildman–Crippen LogP) is 3.37. The summed E-state index contributed by atoms with van der Waals surface area (Å²) < 4.78 is 37.8. The molecule has 3 nitrogen and oxygen atoms in total. The zero-order chi connectivity index (χ0) is 14.2. The van der Waals surface area contributed by atoms with Crippen LogP contribution in [0.15, 0.2) is 29.1 Å². The first-order valence-corrected chi connectivity index (χ1v) is 6.31. The minimum atomic E-state index is -4.37. The first kappa shape index (κ1) is 14.0. The van der Waals surface area contributed by atoms with Crippen molar-refractivity contribution in [2.24, 2.45) is 0 Å². The fourth-order valence-corrected chi connectivity index (χ4v) is 1.78. The normalized spacial score (nSPS) is 11.6. The van der Waals surface area contributed by atoms with Gasteiger partial charge in [0.15, 0.2) is 0 Å². The number of aryl methyl sites for hydroxylation is 1. The summed E-state index contributed by atoms with van der Waals surface area (Å²) in [6, 6.07) is 4.49. The van der Waals surface area contributed by atoms with Crippen molar-refractivity contribution >= 4 is 22.6 Å². The van der Waals surface area contributed by atoms with Crippen LogP contribution in [0.25, 0.3) is 11.4 Å². The summed E-state index contributed by atoms with van der Waals surface area (Å²) in [6.45, 7) is 1.67. The molecule has 19 heavy (non-hydrogen) atoms. The van der Waals surface area contributed by atoms with Crippen LogP contribution in [0.1, 0.15) is 11.3 Å². The number of benzene rings is 1. The number of halogens is 4. The van der Waals surface area contributed by atoms with Gasteiger partial charge < -0.3 is 4.98 Å². The highest BCUT2D eigenvalue weighted by Gasteiger charge is 2.30. The Bertz CT molecular complexity index is 662. The molecule has 2 aromatic rings. The summed E-state index contributed by atoms with van der Waals surface area (Å²) in [5, 5.41) is 0. The molecule has 0 aliphatic carbocycles. The number of hydrogen-bond acceptors (Lipinski definition) is 2. The van der Waals surface area contributed by atoms with E-state index in [1.54, 1.807) is 6.92 Å². The summed E-state index contributed by atoms with van der Waals surface area (Å²) in [7, 11) is 0. The molecule has 1 aromatic carbocycles. The Morgan fingerprint density at radius 1 is 1.21 bits per heavy atom. The van der Waals surface area contributed by atoms with Gasteiger partial charge in [0.2, 0.25) is 0 Å². The van der Waals surface area contributed by atoms with E-state index in [0.717, 1.165) is 12.1 Å². The molecular formula is C12H8F3IN2O. The standard InChI is InChI=1S/C12H8F3IN2O/c1-6-9(16)11(19)18-10(17-6)7-2-4-8(5-3-7)12(13,14)15/h2-5H,1H3,(H,17,18,19). The lowest BCUT2D eigenvalue weighted by Gasteiger charge is -2.08. The van der Waals surface area contributed by atoms with Crippen LogP contribution in [-0.2, 0) is 6.18 Å². The summed E-state index contributed by atoms with van der Waals surface area (Å²) in [5.74, 6) is 0.261. The van der Waals surface area contributed by atoms with Crippen LogP contribution in [0.3, 0.4) is 0 Å². The number of rotatable bonds is 1. The molecule has 0 aliphatic heterocycles. The van der Waals surface area contributed by atoms with Crippen LogP contribution in [0.5, 0.6) is 0 Å². The van der Waals surface area contributed by atoms with E-state index in [9.17, 15) is 18.0 Å². The molecule has 1 heterocycles. The molecule has 1 N–H and O–H groups in total. The molecule has 0 fully saturated rings. The first-order valence-electron chi connectivity index (χ1n) is 5.23. The van der Waals surface area contributed by atoms with Gasteiger partial charge in [0, 0.05) is 5.56 Å². The molecular weight excluding hydrogens is 372 g/mol. The van der Waals surface area contributed by atoms with Crippen LogP contribution >= 0.6 is 22.6 Å². The molecule has 1 aromatic heterocycles. The monoisotopic (exact) mass is 380 g/mol. The van der Waals surface area contributed by atoms with Crippen molar-refractivity contribution in [3.63, 3.8) is 0 Å². The first-order chi connectivity index (χ1) is 8.79. The second-order valence-corrected chi connectivity index (χ2v) is 4.97. The average Bonchev–Trinajstić information content (AvgIpc) is 2.34. The molecule has 0 saturated carbocycles. The molecule has 0 amide bonds. The van der Waals surface area contributed by atoms with E-state index in [0.29, 0.717) is 14.8 Å². The van der Waals surface area contributed by atoms with E-state index in [4.69, 9.17) is 0 Å². The minimum Gasteiger partial charge on any atom is -0.306 e. The zero-order valence-corrected chi connectivity index (χ0v) is 11.8. The molecule has 7 heteroatoms. The van der Waals surface area contributed by atoms with Crippen molar-refractivity contribution in [1.29, 1.82) is 0 Å². The molecule has 0 radical (unpaired) electrons. The molecule has 100 valence electrons. The van der Waals surface area contributed by atoms with Crippen molar-refractivity contribution in [3.05, 3.63) is 49.4 Å². The number of aromatic nitrogens is 2. The molecule has 2 rings (SSSR count). The number of nitrogens with zero attached hydrogens (tertiary/aromatic N) is 1. The van der Waals surface area contributed by atoms with E-state index < -0.39 is 11.7 Å². The quantitative estimate of drug-likeness (QED) is 0.772. The summed E-state index contributed by atoms with van der Waals surface area (Å²) in [6.07, 6.45) is -4.37. The smallest absolute Gasteiger partial charge is 0.306 e. The van der Waals surface area contributed by atoms with Crippen LogP contribution in [0.2, 0.25) is 0 Å². The Morgan fingerprint density at radius 3 is 2.26 bits per heavy atom. The molecule has 0 atom stereocenters. The third kappa shape index (κ3) is 2.96. The van der Waals surface area contributed by atoms with Gasteiger partial charge in [-0.2, -0.15) is 13.2 Å². The van der Waals surface area contributed by atoms with Gasteiger partial charge in [-0.1, -0.05) is 12.1 Å². The second kappa shape index (κ2) is 4.95. The number of alkyl halides is 3. The van der Waals surface area contributed by atoms with Gasteiger partial charge >= 0.3 is 6.18 Å². The average molecular weight is 380 g/mol. The van der Waals surface area contributed by atoms with E-state index in [1.165, 1.54) is 12.1 Å². The highest BCUT2D eigenvalue weighted by atomic mass is 127. The highest BCUT2D eigenvalue weighted by molar-refractivity contribution is 14.1. The van der Waals surface area contributed by atoms with Crippen molar-refractivity contribution in [2.45, 2.75) is 13.1 Å². The van der Waals surface area contributed by atoms with Crippen LogP contribution in [-0.4, -0.2) is 9.97 Å². The maximum atomic E-state index is 12.4. The lowest BCUT2D eigenvalue weighted by atomic mass is 10.1. The van der Waals surface area contributed by atoms with E-state index in [-0.39, 0.29) is 11.4 Å². The molecule has 0 unspecified atom stereocenters. The van der Waals surface area contributed by atoms with Gasteiger partial charge in [-0.25, -0.2) is 4.98 Å². The lowest BCUT2D eigenvalue weighted by Crippen LogP contribution is -2.14. The highest BCUT2D eigenvalue weighted by Crippen LogP contribution is 2.30. The third-order valence-corrected chi connectivity index (χ3v) is 3.78. The molecule has 0 saturated heterocycles. The van der Waals surface area contributed by atoms with Crippen molar-refractivity contribution < 1.29 is 13.2 Å². The summed E-state index contributed by atoms with van der Waals surface area (Å²) >= 11 is 1.87. The molecule has 0 aliphatic rings. The topological polar surface area (TPSA) is 45.8 Å². The van der Waals surface area contributed by atoms with E-state index >= 15 is 0 Å². The number of nitrogens with one attached hydrogen (secondary N) is 1. The second-order valence-electron chi connectivity index (χ2n) is 3.89. The van der Waals surface area contributed by atoms with Crippen LogP contribution in [0.4, 0.5) is 13.2 Å². The number of hydrogen-bond donors (Lipinski definition) is 1. The zero-order valence-electron chi connectivity index (χ0n) is 9.68. The van der Waals surface area contributed by atoms with Crippen molar-refractivity contribution in [3.8, 4) is 11.4 Å². The van der Waals surface area contributed by atoms with Crippen LogP contribution < -0.4 is 5.56 Å². The maximum absolute atomic E-state index is 12.4. The Morgan fingerprint density at radius 2 is 1.79 bits per heavy atom. The number of H-pyrrole nitrogens is 1. The van der Waals surface area contributed by atoms with Gasteiger partial charge in [0.1, 0.15) is 5.82 Å². The van der Waals surface area contributed by atoms with Gasteiger partial charge in [-0.05, 0) is 41.6 Å². The van der Waals surface area contributed by atoms with Gasteiger partial charge in [0.25, 0.3) is 5.56 Å². The Balaban J connectivity index is 2.46. The number of aromatic amines is 1. The third-order valence-electron chi connectivity index (χ3n) is 2.51. The summed E-state index contributed by atoms with van der Waals surface area (Å²) in [4.78, 5) is 18.3.